The highest BCUT2D eigenvalue weighted by Gasteiger charge is 2.22. The molecule has 1 heterocycles. The molecule has 3 rings (SSSR count). The Balaban J connectivity index is 1.69. The fraction of sp³-hybridized carbons (Fsp3) is 0.455. The maximum atomic E-state index is 13.0. The van der Waals surface area contributed by atoms with Gasteiger partial charge in [0, 0.05) is 25.6 Å². The lowest BCUT2D eigenvalue weighted by Gasteiger charge is -2.26. The van der Waals surface area contributed by atoms with Crippen molar-refractivity contribution in [3.8, 4) is 0 Å². The number of carbonyl (C=O) groups is 2. The van der Waals surface area contributed by atoms with E-state index in [1.807, 2.05) is 29.2 Å². The lowest BCUT2D eigenvalue weighted by Crippen LogP contribution is -2.31. The fourth-order valence-corrected chi connectivity index (χ4v) is 3.72. The number of rotatable bonds is 7. The number of nitrogens with zero attached hydrogens (tertiary/aromatic N) is 1. The molecule has 5 nitrogen and oxygen atoms in total. The summed E-state index contributed by atoms with van der Waals surface area (Å²) in [7, 11) is 1.62. The second-order valence-electron chi connectivity index (χ2n) is 7.31. The molecule has 0 spiro atoms. The number of hydrogen-bond donors (Lipinski definition) is 1. The van der Waals surface area contributed by atoms with Gasteiger partial charge in [0.25, 0.3) is 5.91 Å². The molecule has 1 aliphatic rings. The van der Waals surface area contributed by atoms with E-state index in [0.29, 0.717) is 31.0 Å². The Morgan fingerprint density at radius 2 is 1.81 bits per heavy atom. The van der Waals surface area contributed by atoms with Gasteiger partial charge in [0.15, 0.2) is 0 Å². The molecule has 0 aliphatic heterocycles. The van der Waals surface area contributed by atoms with Crippen molar-refractivity contribution in [3.63, 3.8) is 0 Å². The number of amides is 2. The zero-order chi connectivity index (χ0) is 19.1. The van der Waals surface area contributed by atoms with Gasteiger partial charge in [-0.1, -0.05) is 31.4 Å². The molecule has 27 heavy (non-hydrogen) atoms. The van der Waals surface area contributed by atoms with Gasteiger partial charge in [-0.05, 0) is 48.6 Å². The molecular formula is C22H28N2O3. The molecule has 2 aromatic rings. The van der Waals surface area contributed by atoms with Crippen molar-refractivity contribution >= 4 is 11.8 Å². The van der Waals surface area contributed by atoms with Gasteiger partial charge in [-0.15, -0.1) is 0 Å². The second-order valence-corrected chi connectivity index (χ2v) is 7.31. The highest BCUT2D eigenvalue weighted by molar-refractivity contribution is 5.93. The molecule has 0 saturated heterocycles. The van der Waals surface area contributed by atoms with Crippen molar-refractivity contribution in [1.29, 1.82) is 0 Å². The van der Waals surface area contributed by atoms with Crippen molar-refractivity contribution in [3.05, 3.63) is 59.5 Å². The van der Waals surface area contributed by atoms with E-state index in [0.717, 1.165) is 24.2 Å². The van der Waals surface area contributed by atoms with Gasteiger partial charge in [0.2, 0.25) is 5.91 Å². The zero-order valence-electron chi connectivity index (χ0n) is 15.9. The van der Waals surface area contributed by atoms with E-state index in [4.69, 9.17) is 4.42 Å². The predicted octanol–water partition coefficient (Wildman–Crippen LogP) is 4.14. The maximum Gasteiger partial charge on any atom is 0.251 e. The first-order valence-electron chi connectivity index (χ1n) is 9.77. The third kappa shape index (κ3) is 5.46. The van der Waals surface area contributed by atoms with Crippen LogP contribution in [0.15, 0.2) is 47.1 Å². The standard InChI is InChI=1S/C22H28N2O3/c1-23-22(26)19-11-9-18(10-12-19)15-24(16-20-8-5-13-27-20)21(25)14-17-6-3-2-4-7-17/h5,8-13,17H,2-4,6-7,14-16H2,1H3,(H,23,26). The second kappa shape index (κ2) is 9.40. The van der Waals surface area contributed by atoms with E-state index in [1.165, 1.54) is 19.3 Å². The number of hydrogen-bond acceptors (Lipinski definition) is 3. The third-order valence-corrected chi connectivity index (χ3v) is 5.28. The Labute approximate surface area is 160 Å². The summed E-state index contributed by atoms with van der Waals surface area (Å²) >= 11 is 0. The van der Waals surface area contributed by atoms with E-state index in [2.05, 4.69) is 5.32 Å². The van der Waals surface area contributed by atoms with Gasteiger partial charge in [-0.25, -0.2) is 0 Å². The number of nitrogens with one attached hydrogen (secondary N) is 1. The van der Waals surface area contributed by atoms with Crippen molar-refractivity contribution < 1.29 is 14.0 Å². The number of furan rings is 1. The molecule has 0 unspecified atom stereocenters. The summed E-state index contributed by atoms with van der Waals surface area (Å²) < 4.78 is 5.46. The number of carbonyl (C=O) groups excluding carboxylic acids is 2. The summed E-state index contributed by atoms with van der Waals surface area (Å²) in [5, 5.41) is 2.62. The monoisotopic (exact) mass is 368 g/mol. The van der Waals surface area contributed by atoms with Crippen LogP contribution in [0.1, 0.15) is 60.2 Å². The van der Waals surface area contributed by atoms with Gasteiger partial charge in [-0.3, -0.25) is 9.59 Å². The molecule has 0 bridgehead atoms. The summed E-state index contributed by atoms with van der Waals surface area (Å²) in [6.07, 6.45) is 8.31. The van der Waals surface area contributed by atoms with Crippen LogP contribution in [0.3, 0.4) is 0 Å². The average Bonchev–Trinajstić information content (AvgIpc) is 3.21. The third-order valence-electron chi connectivity index (χ3n) is 5.28. The molecule has 1 N–H and O–H groups in total. The van der Waals surface area contributed by atoms with Gasteiger partial charge in [-0.2, -0.15) is 0 Å². The van der Waals surface area contributed by atoms with Gasteiger partial charge >= 0.3 is 0 Å². The van der Waals surface area contributed by atoms with Crippen molar-refractivity contribution in [2.24, 2.45) is 5.92 Å². The molecule has 1 aromatic heterocycles. The summed E-state index contributed by atoms with van der Waals surface area (Å²) in [6, 6.07) is 11.2. The Morgan fingerprint density at radius 1 is 1.07 bits per heavy atom. The largest absolute Gasteiger partial charge is 0.467 e. The molecule has 0 atom stereocenters. The van der Waals surface area contributed by atoms with E-state index in [9.17, 15) is 9.59 Å². The average molecular weight is 368 g/mol. The highest BCUT2D eigenvalue weighted by Crippen LogP contribution is 2.27. The van der Waals surface area contributed by atoms with E-state index < -0.39 is 0 Å². The first-order valence-corrected chi connectivity index (χ1v) is 9.77. The van der Waals surface area contributed by atoms with Crippen molar-refractivity contribution in [2.45, 2.75) is 51.6 Å². The summed E-state index contributed by atoms with van der Waals surface area (Å²) in [4.78, 5) is 26.5. The molecule has 2 amide bonds. The minimum atomic E-state index is -0.109. The molecule has 1 fully saturated rings. The molecule has 0 radical (unpaired) electrons. The quantitative estimate of drug-likeness (QED) is 0.799. The van der Waals surface area contributed by atoms with Crippen LogP contribution >= 0.6 is 0 Å². The van der Waals surface area contributed by atoms with Crippen LogP contribution in [-0.2, 0) is 17.9 Å². The summed E-state index contributed by atoms with van der Waals surface area (Å²) in [5.74, 6) is 1.35. The van der Waals surface area contributed by atoms with Crippen LogP contribution < -0.4 is 5.32 Å². The molecule has 1 aromatic carbocycles. The number of benzene rings is 1. The minimum Gasteiger partial charge on any atom is -0.467 e. The van der Waals surface area contributed by atoms with Crippen LogP contribution in [0.25, 0.3) is 0 Å². The smallest absolute Gasteiger partial charge is 0.251 e. The molecule has 1 saturated carbocycles. The van der Waals surface area contributed by atoms with E-state index in [1.54, 1.807) is 25.4 Å². The molecule has 1 aliphatic carbocycles. The van der Waals surface area contributed by atoms with Crippen LogP contribution in [-0.4, -0.2) is 23.8 Å². The zero-order valence-corrected chi connectivity index (χ0v) is 15.9. The molecular weight excluding hydrogens is 340 g/mol. The highest BCUT2D eigenvalue weighted by atomic mass is 16.3. The van der Waals surface area contributed by atoms with Crippen LogP contribution in [0, 0.1) is 5.92 Å². The SMILES string of the molecule is CNC(=O)c1ccc(CN(Cc2ccco2)C(=O)CC2CCCCC2)cc1. The Bertz CT molecular complexity index is 731. The summed E-state index contributed by atoms with van der Waals surface area (Å²) in [6.45, 7) is 0.982. The van der Waals surface area contributed by atoms with Crippen LogP contribution in [0.2, 0.25) is 0 Å². The molecule has 5 heteroatoms. The topological polar surface area (TPSA) is 62.6 Å². The minimum absolute atomic E-state index is 0.109. The van der Waals surface area contributed by atoms with Crippen LogP contribution in [0.5, 0.6) is 0 Å². The van der Waals surface area contributed by atoms with Crippen molar-refractivity contribution in [2.75, 3.05) is 7.05 Å². The fourth-order valence-electron chi connectivity index (χ4n) is 3.72. The Hall–Kier alpha value is -2.56. The first kappa shape index (κ1) is 19.2. The van der Waals surface area contributed by atoms with Gasteiger partial charge in [0.05, 0.1) is 12.8 Å². The predicted molar refractivity (Wildman–Crippen MR) is 104 cm³/mol. The van der Waals surface area contributed by atoms with E-state index in [-0.39, 0.29) is 11.8 Å². The Morgan fingerprint density at radius 3 is 2.44 bits per heavy atom. The normalized spacial score (nSPS) is 14.7. The summed E-state index contributed by atoms with van der Waals surface area (Å²) in [5.41, 5.74) is 1.62. The lowest BCUT2D eigenvalue weighted by atomic mass is 9.86. The maximum absolute atomic E-state index is 13.0. The van der Waals surface area contributed by atoms with E-state index >= 15 is 0 Å². The Kier molecular flexibility index (Phi) is 6.69. The molecule has 144 valence electrons. The lowest BCUT2D eigenvalue weighted by molar-refractivity contribution is -0.134. The van der Waals surface area contributed by atoms with Gasteiger partial charge in [0.1, 0.15) is 5.76 Å². The first-order chi connectivity index (χ1) is 13.2. The van der Waals surface area contributed by atoms with Crippen molar-refractivity contribution in [1.82, 2.24) is 10.2 Å². The van der Waals surface area contributed by atoms with Crippen LogP contribution in [0.4, 0.5) is 0 Å². The van der Waals surface area contributed by atoms with Gasteiger partial charge < -0.3 is 14.6 Å².